The van der Waals surface area contributed by atoms with E-state index in [2.05, 4.69) is 15.4 Å². The largest absolute Gasteiger partial charge is 0.454 e. The lowest BCUT2D eigenvalue weighted by Gasteiger charge is -1.98. The molecule has 8 heteroatoms. The summed E-state index contributed by atoms with van der Waals surface area (Å²) in [7, 11) is 0. The van der Waals surface area contributed by atoms with Gasteiger partial charge in [-0.05, 0) is 41.8 Å². The van der Waals surface area contributed by atoms with E-state index < -0.39 is 5.97 Å². The van der Waals surface area contributed by atoms with Crippen molar-refractivity contribution >= 4 is 17.3 Å². The number of hydrogen-bond acceptors (Lipinski definition) is 6. The smallest absolute Gasteiger partial charge is 0.359 e. The Balaban J connectivity index is 1.40. The molecule has 0 aliphatic carbocycles. The Morgan fingerprint density at radius 1 is 1.23 bits per heavy atom. The summed E-state index contributed by atoms with van der Waals surface area (Å²) in [5, 5.41) is 12.6. The Morgan fingerprint density at radius 3 is 2.85 bits per heavy atom. The van der Waals surface area contributed by atoms with Gasteiger partial charge in [0.1, 0.15) is 18.1 Å². The Bertz CT molecular complexity index is 1020. The first-order chi connectivity index (χ1) is 12.7. The maximum Gasteiger partial charge on any atom is 0.359 e. The highest BCUT2D eigenvalue weighted by molar-refractivity contribution is 7.13. The summed E-state index contributed by atoms with van der Waals surface area (Å²) in [5.74, 6) is -0.422. The molecular weight excluding hydrogens is 357 g/mol. The number of nitrogens with zero attached hydrogens (tertiary/aromatic N) is 2. The van der Waals surface area contributed by atoms with Crippen LogP contribution in [0, 0.1) is 5.82 Å². The van der Waals surface area contributed by atoms with Gasteiger partial charge in [0.2, 0.25) is 0 Å². The Morgan fingerprint density at radius 2 is 2.08 bits per heavy atom. The maximum absolute atomic E-state index is 13.0. The van der Waals surface area contributed by atoms with Gasteiger partial charge in [-0.15, -0.1) is 11.3 Å². The Kier molecular flexibility index (Phi) is 4.32. The molecule has 0 unspecified atom stereocenters. The predicted molar refractivity (Wildman–Crippen MR) is 92.9 cm³/mol. The molecule has 0 saturated carbocycles. The number of nitrogens with one attached hydrogen (secondary N) is 1. The highest BCUT2D eigenvalue weighted by Gasteiger charge is 2.15. The quantitative estimate of drug-likeness (QED) is 0.531. The van der Waals surface area contributed by atoms with E-state index in [0.29, 0.717) is 17.0 Å². The summed E-state index contributed by atoms with van der Waals surface area (Å²) in [4.78, 5) is 13.1. The number of carbonyl (C=O) groups excluding carboxylic acids is 1. The van der Waals surface area contributed by atoms with E-state index in [1.807, 2.05) is 17.5 Å². The molecule has 0 aliphatic heterocycles. The lowest BCUT2D eigenvalue weighted by molar-refractivity contribution is 0.0457. The fraction of sp³-hybridized carbons (Fsp3) is 0.0556. The van der Waals surface area contributed by atoms with Gasteiger partial charge in [-0.3, -0.25) is 5.10 Å². The Labute approximate surface area is 151 Å². The first kappa shape index (κ1) is 16.2. The molecule has 130 valence electrons. The van der Waals surface area contributed by atoms with Crippen LogP contribution in [0.2, 0.25) is 0 Å². The van der Waals surface area contributed by atoms with Crippen LogP contribution in [-0.4, -0.2) is 21.3 Å². The highest BCUT2D eigenvalue weighted by Crippen LogP contribution is 2.24. The van der Waals surface area contributed by atoms with Crippen LogP contribution in [0.15, 0.2) is 58.4 Å². The number of rotatable bonds is 5. The minimum Gasteiger partial charge on any atom is -0.454 e. The van der Waals surface area contributed by atoms with Gasteiger partial charge < -0.3 is 9.26 Å². The zero-order valence-electron chi connectivity index (χ0n) is 13.3. The second-order valence-corrected chi connectivity index (χ2v) is 6.36. The number of hydrogen-bond donors (Lipinski definition) is 1. The summed E-state index contributed by atoms with van der Waals surface area (Å²) >= 11 is 1.54. The van der Waals surface area contributed by atoms with Crippen LogP contribution in [0.25, 0.3) is 21.9 Å². The standard InChI is InChI=1S/C18H12FN3O3S/c19-12-5-3-11(4-6-12)16-8-13(22-25-16)10-24-18(23)15-9-14(20-21-15)17-2-1-7-26-17/h1-9H,10H2,(H,20,21). The van der Waals surface area contributed by atoms with Crippen molar-refractivity contribution < 1.29 is 18.4 Å². The first-order valence-corrected chi connectivity index (χ1v) is 8.55. The summed E-state index contributed by atoms with van der Waals surface area (Å²) in [6.45, 7) is -0.0509. The molecule has 4 aromatic rings. The van der Waals surface area contributed by atoms with Crippen molar-refractivity contribution in [3.8, 4) is 21.9 Å². The van der Waals surface area contributed by atoms with Crippen molar-refractivity contribution in [1.82, 2.24) is 15.4 Å². The molecular formula is C18H12FN3O3S. The lowest BCUT2D eigenvalue weighted by atomic mass is 10.1. The number of H-pyrrole nitrogens is 1. The van der Waals surface area contributed by atoms with Gasteiger partial charge in [0.25, 0.3) is 0 Å². The van der Waals surface area contributed by atoms with Gasteiger partial charge in [0, 0.05) is 11.6 Å². The normalized spacial score (nSPS) is 10.8. The van der Waals surface area contributed by atoms with Crippen molar-refractivity contribution in [2.24, 2.45) is 0 Å². The van der Waals surface area contributed by atoms with Gasteiger partial charge >= 0.3 is 5.97 Å². The van der Waals surface area contributed by atoms with E-state index in [-0.39, 0.29) is 18.1 Å². The molecule has 0 aliphatic rings. The molecule has 26 heavy (non-hydrogen) atoms. The van der Waals surface area contributed by atoms with Crippen LogP contribution in [-0.2, 0) is 11.3 Å². The van der Waals surface area contributed by atoms with Crippen LogP contribution < -0.4 is 0 Å². The fourth-order valence-corrected chi connectivity index (χ4v) is 3.02. The molecule has 1 N–H and O–H groups in total. The summed E-state index contributed by atoms with van der Waals surface area (Å²) in [6.07, 6.45) is 0. The second-order valence-electron chi connectivity index (χ2n) is 5.41. The van der Waals surface area contributed by atoms with Crippen LogP contribution in [0.3, 0.4) is 0 Å². The van der Waals surface area contributed by atoms with Gasteiger partial charge in [-0.1, -0.05) is 11.2 Å². The van der Waals surface area contributed by atoms with E-state index in [1.54, 1.807) is 35.6 Å². The van der Waals surface area contributed by atoms with Crippen LogP contribution in [0.1, 0.15) is 16.2 Å². The fourth-order valence-electron chi connectivity index (χ4n) is 2.33. The molecule has 4 rings (SSSR count). The van der Waals surface area contributed by atoms with Crippen molar-refractivity contribution in [2.75, 3.05) is 0 Å². The number of benzene rings is 1. The zero-order chi connectivity index (χ0) is 17.9. The minimum atomic E-state index is -0.560. The van der Waals surface area contributed by atoms with Gasteiger partial charge in [0.05, 0.1) is 10.6 Å². The number of aromatic nitrogens is 3. The van der Waals surface area contributed by atoms with E-state index in [9.17, 15) is 9.18 Å². The average molecular weight is 369 g/mol. The topological polar surface area (TPSA) is 81.0 Å². The van der Waals surface area contributed by atoms with E-state index in [1.165, 1.54) is 12.1 Å². The number of thiophene rings is 1. The molecule has 0 spiro atoms. The predicted octanol–water partition coefficient (Wildman–Crippen LogP) is 4.29. The monoisotopic (exact) mass is 369 g/mol. The number of esters is 1. The number of ether oxygens (including phenoxy) is 1. The van der Waals surface area contributed by atoms with Crippen molar-refractivity contribution in [3.63, 3.8) is 0 Å². The van der Waals surface area contributed by atoms with Crippen molar-refractivity contribution in [1.29, 1.82) is 0 Å². The number of halogens is 1. The maximum atomic E-state index is 13.0. The van der Waals surface area contributed by atoms with Crippen molar-refractivity contribution in [3.05, 3.63) is 71.1 Å². The third-order valence-electron chi connectivity index (χ3n) is 3.61. The molecule has 0 atom stereocenters. The molecule has 0 fully saturated rings. The van der Waals surface area contributed by atoms with Gasteiger partial charge in [-0.25, -0.2) is 9.18 Å². The molecule has 0 bridgehead atoms. The SMILES string of the molecule is O=C(OCc1cc(-c2ccc(F)cc2)on1)c1cc(-c2cccs2)[nH]n1. The summed E-state index contributed by atoms with van der Waals surface area (Å²) in [6, 6.07) is 13.0. The number of carbonyl (C=O) groups is 1. The Hall–Kier alpha value is -3.26. The number of aromatic amines is 1. The third kappa shape index (κ3) is 3.40. The van der Waals surface area contributed by atoms with Crippen molar-refractivity contribution in [2.45, 2.75) is 6.61 Å². The second kappa shape index (κ2) is 6.93. The van der Waals surface area contributed by atoms with E-state index in [0.717, 1.165) is 10.6 Å². The molecule has 0 amide bonds. The molecule has 3 heterocycles. The zero-order valence-corrected chi connectivity index (χ0v) is 14.1. The van der Waals surface area contributed by atoms with Crippen LogP contribution >= 0.6 is 11.3 Å². The third-order valence-corrected chi connectivity index (χ3v) is 4.52. The van der Waals surface area contributed by atoms with E-state index >= 15 is 0 Å². The molecule has 6 nitrogen and oxygen atoms in total. The molecule has 3 aromatic heterocycles. The molecule has 1 aromatic carbocycles. The highest BCUT2D eigenvalue weighted by atomic mass is 32.1. The molecule has 0 radical (unpaired) electrons. The molecule has 0 saturated heterocycles. The van der Waals surface area contributed by atoms with E-state index in [4.69, 9.17) is 9.26 Å². The summed E-state index contributed by atoms with van der Waals surface area (Å²) < 4.78 is 23.4. The summed E-state index contributed by atoms with van der Waals surface area (Å²) in [5.41, 5.74) is 2.08. The lowest BCUT2D eigenvalue weighted by Crippen LogP contribution is -2.05. The van der Waals surface area contributed by atoms with Gasteiger partial charge in [0.15, 0.2) is 11.5 Å². The minimum absolute atomic E-state index is 0.0509. The van der Waals surface area contributed by atoms with Gasteiger partial charge in [-0.2, -0.15) is 5.10 Å². The van der Waals surface area contributed by atoms with Crippen LogP contribution in [0.5, 0.6) is 0 Å². The van der Waals surface area contributed by atoms with Crippen LogP contribution in [0.4, 0.5) is 4.39 Å². The average Bonchev–Trinajstić information content (AvgIpc) is 3.41. The first-order valence-electron chi connectivity index (χ1n) is 7.67.